The van der Waals surface area contributed by atoms with Gasteiger partial charge in [0.2, 0.25) is 5.91 Å². The van der Waals surface area contributed by atoms with Gasteiger partial charge in [-0.25, -0.2) is 0 Å². The van der Waals surface area contributed by atoms with Crippen molar-refractivity contribution in [2.24, 2.45) is 5.92 Å². The van der Waals surface area contributed by atoms with Gasteiger partial charge in [0.1, 0.15) is 0 Å². The molecule has 1 amide bonds. The first-order valence-electron chi connectivity index (χ1n) is 6.74. The Morgan fingerprint density at radius 2 is 2.28 bits per heavy atom. The molecule has 1 atom stereocenters. The minimum absolute atomic E-state index is 0.165. The summed E-state index contributed by atoms with van der Waals surface area (Å²) in [6.07, 6.45) is 3.58. The fourth-order valence-electron chi connectivity index (χ4n) is 2.47. The van der Waals surface area contributed by atoms with Gasteiger partial charge in [0.05, 0.1) is 6.04 Å². The molecule has 3 N–H and O–H groups in total. The molecule has 3 heteroatoms. The summed E-state index contributed by atoms with van der Waals surface area (Å²) >= 11 is 0. The molecule has 18 heavy (non-hydrogen) atoms. The molecule has 1 aliphatic carbocycles. The Hall–Kier alpha value is -1.51. The van der Waals surface area contributed by atoms with Crippen molar-refractivity contribution in [2.75, 3.05) is 5.73 Å². The van der Waals surface area contributed by atoms with Crippen molar-refractivity contribution in [2.45, 2.75) is 45.6 Å². The van der Waals surface area contributed by atoms with E-state index in [4.69, 9.17) is 5.73 Å². The van der Waals surface area contributed by atoms with Crippen LogP contribution in [0.5, 0.6) is 0 Å². The minimum Gasteiger partial charge on any atom is -0.399 e. The first-order chi connectivity index (χ1) is 8.56. The van der Waals surface area contributed by atoms with E-state index in [0.29, 0.717) is 12.3 Å². The molecule has 0 bridgehead atoms. The van der Waals surface area contributed by atoms with Crippen molar-refractivity contribution in [3.8, 4) is 0 Å². The second-order valence-corrected chi connectivity index (χ2v) is 5.55. The van der Waals surface area contributed by atoms with Gasteiger partial charge in [0.25, 0.3) is 0 Å². The van der Waals surface area contributed by atoms with Gasteiger partial charge in [-0.3, -0.25) is 4.79 Å². The third kappa shape index (κ3) is 3.03. The summed E-state index contributed by atoms with van der Waals surface area (Å²) < 4.78 is 0. The highest BCUT2D eigenvalue weighted by molar-refractivity contribution is 5.76. The van der Waals surface area contributed by atoms with E-state index in [1.165, 1.54) is 11.1 Å². The summed E-state index contributed by atoms with van der Waals surface area (Å²) in [7, 11) is 0. The second-order valence-electron chi connectivity index (χ2n) is 5.55. The number of aryl methyl sites for hydroxylation is 1. The fraction of sp³-hybridized carbons (Fsp3) is 0.533. The van der Waals surface area contributed by atoms with Crippen molar-refractivity contribution < 1.29 is 4.79 Å². The molecular formula is C15H22N2O. The lowest BCUT2D eigenvalue weighted by Gasteiger charge is -2.14. The van der Waals surface area contributed by atoms with Gasteiger partial charge in [-0.1, -0.05) is 19.9 Å². The van der Waals surface area contributed by atoms with E-state index in [1.54, 1.807) is 0 Å². The maximum atomic E-state index is 11.8. The van der Waals surface area contributed by atoms with Gasteiger partial charge in [0, 0.05) is 12.1 Å². The van der Waals surface area contributed by atoms with Crippen LogP contribution in [0.3, 0.4) is 0 Å². The molecule has 1 aliphatic rings. The van der Waals surface area contributed by atoms with Gasteiger partial charge in [0.15, 0.2) is 0 Å². The molecule has 1 aromatic carbocycles. The quantitative estimate of drug-likeness (QED) is 0.803. The summed E-state index contributed by atoms with van der Waals surface area (Å²) in [5.41, 5.74) is 9.10. The summed E-state index contributed by atoms with van der Waals surface area (Å²) in [6.45, 7) is 4.28. The van der Waals surface area contributed by atoms with Crippen LogP contribution in [-0.4, -0.2) is 5.91 Å². The van der Waals surface area contributed by atoms with Gasteiger partial charge in [-0.15, -0.1) is 0 Å². The van der Waals surface area contributed by atoms with Crippen LogP contribution in [0.2, 0.25) is 0 Å². The lowest BCUT2D eigenvalue weighted by atomic mass is 10.1. The van der Waals surface area contributed by atoms with Crippen molar-refractivity contribution in [3.63, 3.8) is 0 Å². The van der Waals surface area contributed by atoms with Gasteiger partial charge < -0.3 is 11.1 Å². The van der Waals surface area contributed by atoms with E-state index in [-0.39, 0.29) is 11.9 Å². The molecule has 0 radical (unpaired) electrons. The number of hydrogen-bond donors (Lipinski definition) is 2. The van der Waals surface area contributed by atoms with Crippen LogP contribution in [0.25, 0.3) is 0 Å². The van der Waals surface area contributed by atoms with Crippen LogP contribution in [0, 0.1) is 5.92 Å². The number of nitrogens with two attached hydrogens (primary N) is 1. The molecule has 2 rings (SSSR count). The molecule has 1 unspecified atom stereocenters. The number of anilines is 1. The van der Waals surface area contributed by atoms with Crippen molar-refractivity contribution in [3.05, 3.63) is 29.3 Å². The zero-order chi connectivity index (χ0) is 13.1. The summed E-state index contributed by atoms with van der Waals surface area (Å²) in [4.78, 5) is 11.8. The van der Waals surface area contributed by atoms with Gasteiger partial charge in [-0.05, 0) is 48.4 Å². The van der Waals surface area contributed by atoms with Crippen LogP contribution in [0.1, 0.15) is 50.3 Å². The van der Waals surface area contributed by atoms with Crippen molar-refractivity contribution in [1.82, 2.24) is 5.32 Å². The lowest BCUT2D eigenvalue weighted by molar-refractivity contribution is -0.122. The largest absolute Gasteiger partial charge is 0.399 e. The minimum atomic E-state index is 0.165. The van der Waals surface area contributed by atoms with E-state index in [2.05, 4.69) is 19.2 Å². The van der Waals surface area contributed by atoms with Crippen LogP contribution in [0.15, 0.2) is 18.2 Å². The molecule has 0 spiro atoms. The number of benzene rings is 1. The first-order valence-corrected chi connectivity index (χ1v) is 6.74. The Kier molecular flexibility index (Phi) is 3.90. The third-order valence-corrected chi connectivity index (χ3v) is 3.53. The third-order valence-electron chi connectivity index (χ3n) is 3.53. The Morgan fingerprint density at radius 3 is 3.00 bits per heavy atom. The molecule has 0 saturated heterocycles. The van der Waals surface area contributed by atoms with E-state index in [0.717, 1.165) is 24.9 Å². The van der Waals surface area contributed by atoms with E-state index >= 15 is 0 Å². The van der Waals surface area contributed by atoms with Crippen molar-refractivity contribution in [1.29, 1.82) is 0 Å². The molecule has 98 valence electrons. The predicted octanol–water partition coefficient (Wildman–Crippen LogP) is 2.81. The number of carbonyl (C=O) groups excluding carboxylic acids is 1. The molecule has 0 fully saturated rings. The fourth-order valence-corrected chi connectivity index (χ4v) is 2.47. The van der Waals surface area contributed by atoms with E-state index < -0.39 is 0 Å². The zero-order valence-corrected chi connectivity index (χ0v) is 11.2. The Labute approximate surface area is 109 Å². The van der Waals surface area contributed by atoms with Crippen LogP contribution in [-0.2, 0) is 11.2 Å². The number of nitrogen functional groups attached to an aromatic ring is 1. The number of hydrogen-bond acceptors (Lipinski definition) is 2. The molecule has 0 aromatic heterocycles. The van der Waals surface area contributed by atoms with Crippen molar-refractivity contribution >= 4 is 11.6 Å². The molecule has 1 aromatic rings. The SMILES string of the molecule is CC(C)CCC(=O)NC1CCc2cc(N)ccc21. The molecular weight excluding hydrogens is 224 g/mol. The standard InChI is InChI=1S/C15H22N2O/c1-10(2)3-8-15(18)17-14-7-4-11-9-12(16)5-6-13(11)14/h5-6,9-10,14H,3-4,7-8,16H2,1-2H3,(H,17,18). The Bertz CT molecular complexity index is 440. The monoisotopic (exact) mass is 246 g/mol. The van der Waals surface area contributed by atoms with Crippen LogP contribution >= 0.6 is 0 Å². The number of carbonyl (C=O) groups is 1. The average molecular weight is 246 g/mol. The second kappa shape index (κ2) is 5.42. The molecule has 3 nitrogen and oxygen atoms in total. The van der Waals surface area contributed by atoms with Crippen LogP contribution in [0.4, 0.5) is 5.69 Å². The number of nitrogens with one attached hydrogen (secondary N) is 1. The Balaban J connectivity index is 1.95. The highest BCUT2D eigenvalue weighted by atomic mass is 16.1. The van der Waals surface area contributed by atoms with Gasteiger partial charge in [-0.2, -0.15) is 0 Å². The Morgan fingerprint density at radius 1 is 1.50 bits per heavy atom. The molecule has 0 saturated carbocycles. The molecule has 0 aliphatic heterocycles. The number of rotatable bonds is 4. The summed E-state index contributed by atoms with van der Waals surface area (Å²) in [6, 6.07) is 6.17. The smallest absolute Gasteiger partial charge is 0.220 e. The number of amides is 1. The predicted molar refractivity (Wildman–Crippen MR) is 74.1 cm³/mol. The highest BCUT2D eigenvalue weighted by Gasteiger charge is 2.23. The lowest BCUT2D eigenvalue weighted by Crippen LogP contribution is -2.27. The van der Waals surface area contributed by atoms with Gasteiger partial charge >= 0.3 is 0 Å². The maximum absolute atomic E-state index is 11.8. The maximum Gasteiger partial charge on any atom is 0.220 e. The van der Waals surface area contributed by atoms with Crippen LogP contribution < -0.4 is 11.1 Å². The van der Waals surface area contributed by atoms with E-state index in [9.17, 15) is 4.79 Å². The summed E-state index contributed by atoms with van der Waals surface area (Å²) in [5, 5.41) is 3.13. The summed E-state index contributed by atoms with van der Waals surface area (Å²) in [5.74, 6) is 0.741. The topological polar surface area (TPSA) is 55.1 Å². The number of fused-ring (bicyclic) bond motifs is 1. The first kappa shape index (κ1) is 12.9. The average Bonchev–Trinajstić information content (AvgIpc) is 2.69. The molecule has 0 heterocycles. The normalized spacial score (nSPS) is 17.8. The zero-order valence-electron chi connectivity index (χ0n) is 11.2. The van der Waals surface area contributed by atoms with E-state index in [1.807, 2.05) is 18.2 Å². The highest BCUT2D eigenvalue weighted by Crippen LogP contribution is 2.32.